The van der Waals surface area contributed by atoms with Crippen molar-refractivity contribution >= 4 is 21.7 Å². The van der Waals surface area contributed by atoms with E-state index in [2.05, 4.69) is 45.1 Å². The van der Waals surface area contributed by atoms with Crippen LogP contribution in [0, 0.1) is 0 Å². The first kappa shape index (κ1) is 14.7. The summed E-state index contributed by atoms with van der Waals surface area (Å²) in [7, 11) is 0. The molecule has 106 valence electrons. The minimum Gasteiger partial charge on any atom is -0.370 e. The third-order valence-electron chi connectivity index (χ3n) is 3.18. The summed E-state index contributed by atoms with van der Waals surface area (Å²) in [6.07, 6.45) is 5.32. The summed E-state index contributed by atoms with van der Waals surface area (Å²) < 4.78 is 6.71. The minimum absolute atomic E-state index is 0.0749. The van der Waals surface area contributed by atoms with Crippen LogP contribution in [0.4, 0.5) is 5.82 Å². The monoisotopic (exact) mass is 327 g/mol. The normalized spacial score (nSPS) is 18.8. The van der Waals surface area contributed by atoms with Crippen molar-refractivity contribution < 1.29 is 4.74 Å². The maximum Gasteiger partial charge on any atom is 0.159 e. The lowest BCUT2D eigenvalue weighted by Gasteiger charge is -2.15. The van der Waals surface area contributed by atoms with Gasteiger partial charge < -0.3 is 10.1 Å². The molecule has 2 heterocycles. The fourth-order valence-corrected chi connectivity index (χ4v) is 2.72. The standard InChI is InChI=1S/C14H22BrN3O/c1-3-6-10-12(15)14(16-8-4-2)18-13(17-10)11-7-5-9-19-11/h11H,3-9H2,1-2H3,(H,16,17,18). The summed E-state index contributed by atoms with van der Waals surface area (Å²) in [6.45, 7) is 6.06. The van der Waals surface area contributed by atoms with E-state index in [1.54, 1.807) is 0 Å². The smallest absolute Gasteiger partial charge is 0.159 e. The van der Waals surface area contributed by atoms with Crippen molar-refractivity contribution in [3.05, 3.63) is 16.0 Å². The lowest BCUT2D eigenvalue weighted by Crippen LogP contribution is -2.11. The fourth-order valence-electron chi connectivity index (χ4n) is 2.20. The zero-order chi connectivity index (χ0) is 13.7. The highest BCUT2D eigenvalue weighted by atomic mass is 79.9. The van der Waals surface area contributed by atoms with E-state index in [1.807, 2.05) is 0 Å². The van der Waals surface area contributed by atoms with Gasteiger partial charge in [-0.15, -0.1) is 0 Å². The van der Waals surface area contributed by atoms with Gasteiger partial charge in [0.1, 0.15) is 11.9 Å². The largest absolute Gasteiger partial charge is 0.370 e. The van der Waals surface area contributed by atoms with Crippen molar-refractivity contribution in [1.29, 1.82) is 0 Å². The van der Waals surface area contributed by atoms with Crippen LogP contribution in [-0.4, -0.2) is 23.1 Å². The van der Waals surface area contributed by atoms with Gasteiger partial charge in [-0.25, -0.2) is 9.97 Å². The van der Waals surface area contributed by atoms with Crippen LogP contribution >= 0.6 is 15.9 Å². The summed E-state index contributed by atoms with van der Waals surface area (Å²) in [6, 6.07) is 0. The van der Waals surface area contributed by atoms with Gasteiger partial charge in [-0.1, -0.05) is 20.3 Å². The van der Waals surface area contributed by atoms with Crippen molar-refractivity contribution in [1.82, 2.24) is 9.97 Å². The van der Waals surface area contributed by atoms with E-state index in [4.69, 9.17) is 4.74 Å². The molecule has 0 aliphatic carbocycles. The first-order chi connectivity index (χ1) is 9.26. The number of anilines is 1. The van der Waals surface area contributed by atoms with Gasteiger partial charge >= 0.3 is 0 Å². The van der Waals surface area contributed by atoms with Crippen molar-refractivity contribution in [3.63, 3.8) is 0 Å². The van der Waals surface area contributed by atoms with Crippen molar-refractivity contribution in [2.24, 2.45) is 0 Å². The number of aryl methyl sites for hydroxylation is 1. The molecule has 1 saturated heterocycles. The average Bonchev–Trinajstić information content (AvgIpc) is 2.94. The number of rotatable bonds is 6. The topological polar surface area (TPSA) is 47.0 Å². The van der Waals surface area contributed by atoms with Gasteiger partial charge in [-0.2, -0.15) is 0 Å². The van der Waals surface area contributed by atoms with Gasteiger partial charge in [0, 0.05) is 13.2 Å². The SMILES string of the molecule is CCCNc1nc(C2CCCO2)nc(CCC)c1Br. The molecule has 1 aliphatic rings. The van der Waals surface area contributed by atoms with Crippen LogP contribution in [-0.2, 0) is 11.2 Å². The molecule has 1 aromatic rings. The third kappa shape index (κ3) is 3.66. The lowest BCUT2D eigenvalue weighted by molar-refractivity contribution is 0.105. The Labute approximate surface area is 123 Å². The molecule has 1 unspecified atom stereocenters. The number of nitrogens with zero attached hydrogens (tertiary/aromatic N) is 2. The predicted octanol–water partition coefficient (Wildman–Crippen LogP) is 3.87. The quantitative estimate of drug-likeness (QED) is 0.861. The maximum atomic E-state index is 5.70. The van der Waals surface area contributed by atoms with Crippen molar-refractivity contribution in [3.8, 4) is 0 Å². The van der Waals surface area contributed by atoms with E-state index in [0.717, 1.165) is 67.1 Å². The molecule has 0 bridgehead atoms. The maximum absolute atomic E-state index is 5.70. The fraction of sp³-hybridized carbons (Fsp3) is 0.714. The van der Waals surface area contributed by atoms with E-state index in [0.29, 0.717) is 0 Å². The molecule has 1 atom stereocenters. The Kier molecular flexibility index (Phi) is 5.58. The molecule has 1 aliphatic heterocycles. The number of aromatic nitrogens is 2. The van der Waals surface area contributed by atoms with Crippen LogP contribution in [0.25, 0.3) is 0 Å². The number of hydrogen-bond donors (Lipinski definition) is 1. The molecule has 0 amide bonds. The summed E-state index contributed by atoms with van der Waals surface area (Å²) in [5.74, 6) is 1.74. The highest BCUT2D eigenvalue weighted by molar-refractivity contribution is 9.10. The predicted molar refractivity (Wildman–Crippen MR) is 80.4 cm³/mol. The number of ether oxygens (including phenoxy) is 1. The molecule has 0 radical (unpaired) electrons. The Morgan fingerprint density at radius 2 is 2.16 bits per heavy atom. The second-order valence-electron chi connectivity index (χ2n) is 4.87. The average molecular weight is 328 g/mol. The Bertz CT molecular complexity index is 419. The van der Waals surface area contributed by atoms with Crippen LogP contribution < -0.4 is 5.32 Å². The van der Waals surface area contributed by atoms with Crippen molar-refractivity contribution in [2.45, 2.75) is 52.1 Å². The molecular formula is C14H22BrN3O. The molecule has 1 N–H and O–H groups in total. The summed E-state index contributed by atoms with van der Waals surface area (Å²) >= 11 is 3.63. The van der Waals surface area contributed by atoms with E-state index >= 15 is 0 Å². The van der Waals surface area contributed by atoms with Gasteiger partial charge in [0.05, 0.1) is 10.2 Å². The van der Waals surface area contributed by atoms with E-state index < -0.39 is 0 Å². The van der Waals surface area contributed by atoms with Gasteiger partial charge in [0.2, 0.25) is 0 Å². The molecule has 0 aromatic carbocycles. The second kappa shape index (κ2) is 7.20. The summed E-state index contributed by atoms with van der Waals surface area (Å²) in [5, 5.41) is 3.37. The van der Waals surface area contributed by atoms with E-state index in [1.165, 1.54) is 0 Å². The van der Waals surface area contributed by atoms with Crippen LogP contribution in [0.3, 0.4) is 0 Å². The first-order valence-electron chi connectivity index (χ1n) is 7.18. The van der Waals surface area contributed by atoms with Gasteiger partial charge in [0.25, 0.3) is 0 Å². The van der Waals surface area contributed by atoms with Gasteiger partial charge in [-0.3, -0.25) is 0 Å². The Balaban J connectivity index is 2.29. The van der Waals surface area contributed by atoms with E-state index in [9.17, 15) is 0 Å². The molecule has 5 heteroatoms. The second-order valence-corrected chi connectivity index (χ2v) is 5.66. The molecule has 1 aromatic heterocycles. The molecule has 19 heavy (non-hydrogen) atoms. The third-order valence-corrected chi connectivity index (χ3v) is 4.02. The number of nitrogens with one attached hydrogen (secondary N) is 1. The Hall–Kier alpha value is -0.680. The highest BCUT2D eigenvalue weighted by Crippen LogP contribution is 2.31. The molecular weight excluding hydrogens is 306 g/mol. The zero-order valence-corrected chi connectivity index (χ0v) is 13.3. The van der Waals surface area contributed by atoms with Crippen LogP contribution in [0.2, 0.25) is 0 Å². The molecule has 2 rings (SSSR count). The summed E-state index contributed by atoms with van der Waals surface area (Å²) in [5.41, 5.74) is 1.08. The van der Waals surface area contributed by atoms with Crippen molar-refractivity contribution in [2.75, 3.05) is 18.5 Å². The van der Waals surface area contributed by atoms with Crippen LogP contribution in [0.15, 0.2) is 4.47 Å². The van der Waals surface area contributed by atoms with Crippen LogP contribution in [0.1, 0.15) is 57.2 Å². The first-order valence-corrected chi connectivity index (χ1v) is 7.97. The molecule has 4 nitrogen and oxygen atoms in total. The van der Waals surface area contributed by atoms with Gasteiger partial charge in [-0.05, 0) is 41.6 Å². The van der Waals surface area contributed by atoms with Crippen LogP contribution in [0.5, 0.6) is 0 Å². The summed E-state index contributed by atoms with van der Waals surface area (Å²) in [4.78, 5) is 9.33. The highest BCUT2D eigenvalue weighted by Gasteiger charge is 2.23. The minimum atomic E-state index is 0.0749. The molecule has 0 spiro atoms. The Morgan fingerprint density at radius 1 is 1.32 bits per heavy atom. The molecule has 1 fully saturated rings. The van der Waals surface area contributed by atoms with E-state index in [-0.39, 0.29) is 6.10 Å². The zero-order valence-electron chi connectivity index (χ0n) is 11.7. The number of hydrogen-bond acceptors (Lipinski definition) is 4. The molecule has 0 saturated carbocycles. The lowest BCUT2D eigenvalue weighted by atomic mass is 10.2. The van der Waals surface area contributed by atoms with Gasteiger partial charge in [0.15, 0.2) is 5.82 Å². The number of halogens is 1. The Morgan fingerprint density at radius 3 is 2.79 bits per heavy atom.